The van der Waals surface area contributed by atoms with E-state index < -0.39 is 10.0 Å². The molecule has 0 saturated heterocycles. The summed E-state index contributed by atoms with van der Waals surface area (Å²) in [4.78, 5) is 0.200. The van der Waals surface area contributed by atoms with Crippen LogP contribution in [0, 0.1) is 20.8 Å². The van der Waals surface area contributed by atoms with Crippen molar-refractivity contribution in [3.8, 4) is 0 Å². The molecule has 0 saturated carbocycles. The zero-order valence-electron chi connectivity index (χ0n) is 10.8. The molecule has 3 N–H and O–H groups in total. The lowest BCUT2D eigenvalue weighted by atomic mass is 10.1. The second kappa shape index (κ2) is 4.78. The fourth-order valence-electron chi connectivity index (χ4n) is 1.98. The number of rotatable bonds is 3. The standard InChI is InChI=1S/C11H14N4O2S2/c1-6-4-7(2)10(8(3)9(6)12)19(16,17)15-11-14-13-5-18-11/h4-5H,12H2,1-3H3,(H,14,15). The van der Waals surface area contributed by atoms with Gasteiger partial charge in [0.15, 0.2) is 0 Å². The van der Waals surface area contributed by atoms with Crippen LogP contribution in [0.3, 0.4) is 0 Å². The van der Waals surface area contributed by atoms with Crippen LogP contribution in [-0.2, 0) is 10.0 Å². The summed E-state index contributed by atoms with van der Waals surface area (Å²) >= 11 is 1.12. The van der Waals surface area contributed by atoms with Crippen LogP contribution in [0.25, 0.3) is 0 Å². The van der Waals surface area contributed by atoms with Crippen molar-refractivity contribution in [3.05, 3.63) is 28.3 Å². The van der Waals surface area contributed by atoms with Crippen molar-refractivity contribution >= 4 is 32.2 Å². The third kappa shape index (κ3) is 2.54. The predicted octanol–water partition coefficient (Wildman–Crippen LogP) is 1.85. The van der Waals surface area contributed by atoms with Crippen LogP contribution in [0.1, 0.15) is 16.7 Å². The molecule has 19 heavy (non-hydrogen) atoms. The highest BCUT2D eigenvalue weighted by Crippen LogP contribution is 2.29. The molecule has 102 valence electrons. The molecule has 0 radical (unpaired) electrons. The highest BCUT2D eigenvalue weighted by Gasteiger charge is 2.23. The number of anilines is 2. The molecule has 0 unspecified atom stereocenters. The average Bonchev–Trinajstić information content (AvgIpc) is 2.77. The Morgan fingerprint density at radius 1 is 1.26 bits per heavy atom. The molecule has 0 spiro atoms. The maximum absolute atomic E-state index is 12.4. The zero-order valence-corrected chi connectivity index (χ0v) is 12.4. The number of aryl methyl sites for hydroxylation is 2. The molecule has 2 rings (SSSR count). The van der Waals surface area contributed by atoms with Gasteiger partial charge in [0.1, 0.15) is 5.51 Å². The Labute approximate surface area is 115 Å². The highest BCUT2D eigenvalue weighted by atomic mass is 32.2. The minimum Gasteiger partial charge on any atom is -0.398 e. The summed E-state index contributed by atoms with van der Waals surface area (Å²) in [5, 5.41) is 7.50. The minimum absolute atomic E-state index is 0.200. The van der Waals surface area contributed by atoms with Crippen LogP contribution in [0.2, 0.25) is 0 Å². The molecule has 1 aromatic carbocycles. The van der Waals surface area contributed by atoms with Gasteiger partial charge < -0.3 is 5.73 Å². The second-order valence-corrected chi connectivity index (χ2v) is 6.68. The lowest BCUT2D eigenvalue weighted by Gasteiger charge is -2.15. The number of nitrogens with one attached hydrogen (secondary N) is 1. The van der Waals surface area contributed by atoms with Crippen LogP contribution in [0.4, 0.5) is 10.8 Å². The van der Waals surface area contributed by atoms with E-state index in [1.807, 2.05) is 6.92 Å². The summed E-state index contributed by atoms with van der Waals surface area (Å²) in [5.74, 6) is 0. The second-order valence-electron chi connectivity index (χ2n) is 4.23. The third-order valence-corrected chi connectivity index (χ3v) is 5.17. The molecule has 6 nitrogen and oxygen atoms in total. The fraction of sp³-hybridized carbons (Fsp3) is 0.273. The molecule has 0 fully saturated rings. The Morgan fingerprint density at radius 2 is 1.95 bits per heavy atom. The highest BCUT2D eigenvalue weighted by molar-refractivity contribution is 7.93. The van der Waals surface area contributed by atoms with Gasteiger partial charge in [-0.25, -0.2) is 8.42 Å². The Morgan fingerprint density at radius 3 is 2.53 bits per heavy atom. The van der Waals surface area contributed by atoms with Gasteiger partial charge in [0.05, 0.1) is 4.90 Å². The molecule has 1 aromatic heterocycles. The molecule has 0 aliphatic rings. The minimum atomic E-state index is -3.71. The molecule has 0 aliphatic heterocycles. The first-order valence-electron chi connectivity index (χ1n) is 5.48. The van der Waals surface area contributed by atoms with E-state index in [-0.39, 0.29) is 10.0 Å². The topological polar surface area (TPSA) is 98.0 Å². The molecule has 1 heterocycles. The van der Waals surface area contributed by atoms with Gasteiger partial charge in [0.2, 0.25) is 5.13 Å². The lowest BCUT2D eigenvalue weighted by molar-refractivity contribution is 0.600. The number of hydrogen-bond donors (Lipinski definition) is 2. The average molecular weight is 298 g/mol. The first kappa shape index (κ1) is 13.8. The molecule has 2 aromatic rings. The molecule has 0 bridgehead atoms. The van der Waals surface area contributed by atoms with E-state index in [9.17, 15) is 8.42 Å². The first-order chi connectivity index (χ1) is 8.83. The van der Waals surface area contributed by atoms with Gasteiger partial charge in [0.25, 0.3) is 10.0 Å². The number of benzene rings is 1. The quantitative estimate of drug-likeness (QED) is 0.843. The van der Waals surface area contributed by atoms with Gasteiger partial charge >= 0.3 is 0 Å². The molecule has 0 atom stereocenters. The maximum Gasteiger partial charge on any atom is 0.264 e. The maximum atomic E-state index is 12.4. The van der Waals surface area contributed by atoms with Crippen molar-refractivity contribution in [3.63, 3.8) is 0 Å². The molecular formula is C11H14N4O2S2. The van der Waals surface area contributed by atoms with E-state index in [0.717, 1.165) is 16.9 Å². The van der Waals surface area contributed by atoms with E-state index in [2.05, 4.69) is 14.9 Å². The number of hydrogen-bond acceptors (Lipinski definition) is 6. The van der Waals surface area contributed by atoms with Gasteiger partial charge in [-0.05, 0) is 37.5 Å². The van der Waals surface area contributed by atoms with Crippen molar-refractivity contribution in [1.82, 2.24) is 10.2 Å². The number of aromatic nitrogens is 2. The van der Waals surface area contributed by atoms with E-state index >= 15 is 0 Å². The van der Waals surface area contributed by atoms with Crippen LogP contribution < -0.4 is 10.5 Å². The monoisotopic (exact) mass is 298 g/mol. The largest absolute Gasteiger partial charge is 0.398 e. The summed E-state index contributed by atoms with van der Waals surface area (Å²) in [6.45, 7) is 5.29. The summed E-state index contributed by atoms with van der Waals surface area (Å²) in [7, 11) is -3.71. The van der Waals surface area contributed by atoms with E-state index in [1.54, 1.807) is 19.9 Å². The Bertz CT molecular complexity index is 709. The summed E-state index contributed by atoms with van der Waals surface area (Å²) in [6.07, 6.45) is 0. The fourth-order valence-corrected chi connectivity index (χ4v) is 4.16. The zero-order chi connectivity index (χ0) is 14.2. The number of nitrogens with zero attached hydrogens (tertiary/aromatic N) is 2. The molecule has 0 aliphatic carbocycles. The van der Waals surface area contributed by atoms with Crippen LogP contribution in [-0.4, -0.2) is 18.6 Å². The first-order valence-corrected chi connectivity index (χ1v) is 7.84. The van der Waals surface area contributed by atoms with Crippen LogP contribution in [0.5, 0.6) is 0 Å². The lowest BCUT2D eigenvalue weighted by Crippen LogP contribution is -2.17. The Hall–Kier alpha value is -1.67. The van der Waals surface area contributed by atoms with Gasteiger partial charge in [-0.2, -0.15) is 0 Å². The van der Waals surface area contributed by atoms with Crippen molar-refractivity contribution < 1.29 is 8.42 Å². The number of nitrogens with two attached hydrogens (primary N) is 1. The van der Waals surface area contributed by atoms with Gasteiger partial charge in [0, 0.05) is 5.69 Å². The molecule has 0 amide bonds. The SMILES string of the molecule is Cc1cc(C)c(S(=O)(=O)Nc2nncs2)c(C)c1N. The van der Waals surface area contributed by atoms with E-state index in [0.29, 0.717) is 16.8 Å². The van der Waals surface area contributed by atoms with Crippen molar-refractivity contribution in [2.75, 3.05) is 10.5 Å². The molecular weight excluding hydrogens is 284 g/mol. The normalized spacial score (nSPS) is 11.5. The summed E-state index contributed by atoms with van der Waals surface area (Å²) in [5.41, 5.74) is 9.92. The summed E-state index contributed by atoms with van der Waals surface area (Å²) in [6, 6.07) is 1.76. The molecule has 8 heteroatoms. The van der Waals surface area contributed by atoms with Crippen LogP contribution in [0.15, 0.2) is 16.5 Å². The Kier molecular flexibility index (Phi) is 3.46. The number of nitrogen functional groups attached to an aromatic ring is 1. The van der Waals surface area contributed by atoms with Crippen LogP contribution >= 0.6 is 11.3 Å². The van der Waals surface area contributed by atoms with Gasteiger partial charge in [-0.3, -0.25) is 4.72 Å². The van der Waals surface area contributed by atoms with Crippen molar-refractivity contribution in [1.29, 1.82) is 0 Å². The van der Waals surface area contributed by atoms with Gasteiger partial charge in [-0.15, -0.1) is 10.2 Å². The Balaban J connectivity index is 2.55. The third-order valence-electron chi connectivity index (χ3n) is 2.81. The van der Waals surface area contributed by atoms with E-state index in [1.165, 1.54) is 5.51 Å². The summed E-state index contributed by atoms with van der Waals surface area (Å²) < 4.78 is 27.2. The smallest absolute Gasteiger partial charge is 0.264 e. The van der Waals surface area contributed by atoms with Crippen molar-refractivity contribution in [2.45, 2.75) is 25.7 Å². The van der Waals surface area contributed by atoms with Gasteiger partial charge in [-0.1, -0.05) is 17.4 Å². The predicted molar refractivity (Wildman–Crippen MR) is 75.8 cm³/mol. The van der Waals surface area contributed by atoms with Crippen molar-refractivity contribution in [2.24, 2.45) is 0 Å². The number of sulfonamides is 1. The van der Waals surface area contributed by atoms with E-state index in [4.69, 9.17) is 5.73 Å².